The lowest BCUT2D eigenvalue weighted by Crippen LogP contribution is -2.37. The van der Waals surface area contributed by atoms with Crippen LogP contribution in [-0.4, -0.2) is 37.8 Å². The lowest BCUT2D eigenvalue weighted by molar-refractivity contribution is -0.121. The van der Waals surface area contributed by atoms with Crippen molar-refractivity contribution in [3.05, 3.63) is 0 Å². The number of rotatable bonds is 0. The van der Waals surface area contributed by atoms with Gasteiger partial charge in [0.1, 0.15) is 0 Å². The van der Waals surface area contributed by atoms with Crippen molar-refractivity contribution in [1.29, 1.82) is 5.26 Å². The Hall–Kier alpha value is -1.57. The Morgan fingerprint density at radius 1 is 1.64 bits per heavy atom. The number of aliphatic imine (C=N–C) groups is 1. The molecule has 5 nitrogen and oxygen atoms in total. The molecular weight excluding hydrogens is 144 g/mol. The lowest BCUT2D eigenvalue weighted by Gasteiger charge is -2.09. The summed E-state index contributed by atoms with van der Waals surface area (Å²) in [7, 11) is 4.63. The summed E-state index contributed by atoms with van der Waals surface area (Å²) in [5.41, 5.74) is 0. The van der Waals surface area contributed by atoms with Gasteiger partial charge in [-0.2, -0.15) is 5.26 Å². The minimum absolute atomic E-state index is 0.0532. The number of hydrogen-bond donors (Lipinski definition) is 1. The summed E-state index contributed by atoms with van der Waals surface area (Å²) in [5.74, 6) is -0.258. The highest BCUT2D eigenvalue weighted by Crippen LogP contribution is 1.80. The number of carbonyl (C=O) groups is 1. The predicted octanol–water partition coefficient (Wildman–Crippen LogP) is -0.826. The molecule has 0 atom stereocenters. The summed E-state index contributed by atoms with van der Waals surface area (Å²) in [4.78, 5) is 16.0. The fraction of sp³-hybridized carbons (Fsp3) is 0.500. The van der Waals surface area contributed by atoms with Crippen molar-refractivity contribution in [2.24, 2.45) is 4.99 Å². The molecular formula is C6H10N4O. The van der Waals surface area contributed by atoms with Crippen LogP contribution in [0.15, 0.2) is 4.99 Å². The van der Waals surface area contributed by atoms with E-state index in [1.807, 2.05) is 0 Å². The molecule has 0 unspecified atom stereocenters. The average Bonchev–Trinajstić information content (AvgIpc) is 1.98. The van der Waals surface area contributed by atoms with Gasteiger partial charge in [0.2, 0.25) is 5.84 Å². The zero-order valence-corrected chi connectivity index (χ0v) is 6.75. The van der Waals surface area contributed by atoms with Crippen molar-refractivity contribution in [2.45, 2.75) is 0 Å². The Kier molecular flexibility index (Phi) is 3.67. The van der Waals surface area contributed by atoms with Crippen LogP contribution in [0.25, 0.3) is 0 Å². The van der Waals surface area contributed by atoms with Crippen molar-refractivity contribution in [1.82, 2.24) is 10.2 Å². The van der Waals surface area contributed by atoms with Crippen LogP contribution in [0.4, 0.5) is 0 Å². The van der Waals surface area contributed by atoms with Crippen LogP contribution in [-0.2, 0) is 4.79 Å². The normalized spacial score (nSPS) is 10.2. The first kappa shape index (κ1) is 9.43. The minimum Gasteiger partial charge on any atom is -0.342 e. The van der Waals surface area contributed by atoms with Crippen LogP contribution >= 0.6 is 0 Å². The number of amides is 1. The van der Waals surface area contributed by atoms with E-state index in [-0.39, 0.29) is 11.7 Å². The van der Waals surface area contributed by atoms with Gasteiger partial charge in [0, 0.05) is 21.1 Å². The molecule has 0 saturated heterocycles. The van der Waals surface area contributed by atoms with Crippen LogP contribution in [0, 0.1) is 11.5 Å². The van der Waals surface area contributed by atoms with Crippen LogP contribution in [0.3, 0.4) is 0 Å². The monoisotopic (exact) mass is 154 g/mol. The maximum absolute atomic E-state index is 11.0. The summed E-state index contributed by atoms with van der Waals surface area (Å²) >= 11 is 0. The summed E-state index contributed by atoms with van der Waals surface area (Å²) in [6.07, 6.45) is 1.63. The highest BCUT2D eigenvalue weighted by Gasteiger charge is 2.10. The third-order valence-corrected chi connectivity index (χ3v) is 1.01. The molecule has 11 heavy (non-hydrogen) atoms. The van der Waals surface area contributed by atoms with Gasteiger partial charge >= 0.3 is 0 Å². The lowest BCUT2D eigenvalue weighted by atomic mass is 10.5. The molecule has 1 amide bonds. The fourth-order valence-electron chi connectivity index (χ4n) is 0.470. The number of nitrogens with zero attached hydrogens (tertiary/aromatic N) is 3. The van der Waals surface area contributed by atoms with Crippen molar-refractivity contribution in [3.63, 3.8) is 0 Å². The Morgan fingerprint density at radius 2 is 2.18 bits per heavy atom. The highest BCUT2D eigenvalue weighted by atomic mass is 16.2. The number of carbonyl (C=O) groups excluding carboxylic acids is 1. The third kappa shape index (κ3) is 2.67. The SMILES string of the molecule is CN=C(NC#N)C(=O)N(C)C. The summed E-state index contributed by atoms with van der Waals surface area (Å²) in [5, 5.41) is 10.4. The van der Waals surface area contributed by atoms with E-state index in [9.17, 15) is 4.79 Å². The van der Waals surface area contributed by atoms with Gasteiger partial charge in [-0.25, -0.2) is 0 Å². The van der Waals surface area contributed by atoms with Crippen molar-refractivity contribution in [3.8, 4) is 6.19 Å². The number of amidine groups is 1. The number of nitrogens with one attached hydrogen (secondary N) is 1. The maximum atomic E-state index is 11.0. The molecule has 0 rings (SSSR count). The number of likely N-dealkylation sites (N-methyl/N-ethyl adjacent to an activating group) is 1. The van der Waals surface area contributed by atoms with E-state index in [1.165, 1.54) is 11.9 Å². The molecule has 0 aliphatic heterocycles. The number of nitriles is 1. The smallest absolute Gasteiger partial charge is 0.289 e. The van der Waals surface area contributed by atoms with Gasteiger partial charge in [0.25, 0.3) is 5.91 Å². The molecule has 0 spiro atoms. The largest absolute Gasteiger partial charge is 0.342 e. The van der Waals surface area contributed by atoms with E-state index in [0.29, 0.717) is 0 Å². The molecule has 0 aromatic heterocycles. The van der Waals surface area contributed by atoms with Crippen molar-refractivity contribution in [2.75, 3.05) is 21.1 Å². The molecule has 60 valence electrons. The second-order valence-corrected chi connectivity index (χ2v) is 2.01. The van der Waals surface area contributed by atoms with Crippen molar-refractivity contribution >= 4 is 11.7 Å². The van der Waals surface area contributed by atoms with Crippen LogP contribution in [0.1, 0.15) is 0 Å². The molecule has 0 aromatic rings. The zero-order valence-electron chi connectivity index (χ0n) is 6.75. The van der Waals surface area contributed by atoms with E-state index >= 15 is 0 Å². The van der Waals surface area contributed by atoms with Gasteiger partial charge in [-0.15, -0.1) is 0 Å². The van der Waals surface area contributed by atoms with Gasteiger partial charge in [-0.1, -0.05) is 0 Å². The first-order valence-corrected chi connectivity index (χ1v) is 2.97. The molecule has 0 fully saturated rings. The molecule has 5 heteroatoms. The van der Waals surface area contributed by atoms with E-state index in [1.54, 1.807) is 20.3 Å². The maximum Gasteiger partial charge on any atom is 0.289 e. The minimum atomic E-state index is -0.311. The molecule has 1 N–H and O–H groups in total. The molecule has 0 heterocycles. The Morgan fingerprint density at radius 3 is 2.45 bits per heavy atom. The zero-order chi connectivity index (χ0) is 8.85. The number of hydrogen-bond acceptors (Lipinski definition) is 3. The van der Waals surface area contributed by atoms with Crippen LogP contribution in [0.2, 0.25) is 0 Å². The standard InChI is InChI=1S/C6H10N4O/c1-8-5(9-4-7)6(11)10(2)3/h1-3H3,(H,8,9). The second kappa shape index (κ2) is 4.28. The molecule has 0 bridgehead atoms. The topological polar surface area (TPSA) is 68.5 Å². The van der Waals surface area contributed by atoms with Gasteiger partial charge < -0.3 is 4.90 Å². The van der Waals surface area contributed by atoms with Crippen LogP contribution < -0.4 is 5.32 Å². The van der Waals surface area contributed by atoms with Crippen LogP contribution in [0.5, 0.6) is 0 Å². The summed E-state index contributed by atoms with van der Waals surface area (Å²) in [6, 6.07) is 0. The fourth-order valence-corrected chi connectivity index (χ4v) is 0.470. The average molecular weight is 154 g/mol. The first-order chi connectivity index (χ1) is 5.13. The predicted molar refractivity (Wildman–Crippen MR) is 40.8 cm³/mol. The van der Waals surface area contributed by atoms with E-state index in [0.717, 1.165) is 0 Å². The third-order valence-electron chi connectivity index (χ3n) is 1.01. The Bertz CT molecular complexity index is 213. The molecule has 0 aliphatic carbocycles. The Labute approximate surface area is 65.3 Å². The first-order valence-electron chi connectivity index (χ1n) is 2.97. The van der Waals surface area contributed by atoms with Gasteiger partial charge in [-0.3, -0.25) is 15.1 Å². The highest BCUT2D eigenvalue weighted by molar-refractivity contribution is 6.37. The molecule has 0 aromatic carbocycles. The van der Waals surface area contributed by atoms with Crippen molar-refractivity contribution < 1.29 is 4.79 Å². The molecule has 0 aliphatic rings. The Balaban J connectivity index is 4.31. The van der Waals surface area contributed by atoms with Gasteiger partial charge in [0.05, 0.1) is 0 Å². The van der Waals surface area contributed by atoms with E-state index in [2.05, 4.69) is 10.3 Å². The second-order valence-electron chi connectivity index (χ2n) is 2.01. The molecule has 0 radical (unpaired) electrons. The van der Waals surface area contributed by atoms with Gasteiger partial charge in [-0.05, 0) is 0 Å². The molecule has 0 saturated carbocycles. The van der Waals surface area contributed by atoms with E-state index in [4.69, 9.17) is 5.26 Å². The summed E-state index contributed by atoms with van der Waals surface area (Å²) in [6.45, 7) is 0. The quantitative estimate of drug-likeness (QED) is 0.214. The summed E-state index contributed by atoms with van der Waals surface area (Å²) < 4.78 is 0. The van der Waals surface area contributed by atoms with E-state index < -0.39 is 0 Å². The van der Waals surface area contributed by atoms with Gasteiger partial charge in [0.15, 0.2) is 6.19 Å².